The first kappa shape index (κ1) is 29.8. The van der Waals surface area contributed by atoms with E-state index in [1.54, 1.807) is 7.05 Å². The minimum absolute atomic E-state index is 0.0572. The Morgan fingerprint density at radius 1 is 1.10 bits per heavy atom. The van der Waals surface area contributed by atoms with Crippen LogP contribution in [0.1, 0.15) is 106 Å². The number of carbonyl (C=O) groups is 2. The van der Waals surface area contributed by atoms with E-state index in [-0.39, 0.29) is 56.7 Å². The second-order valence-corrected chi connectivity index (χ2v) is 16.0. The largest absolute Gasteiger partial charge is 0.307 e. The number of hydrogen-bond donors (Lipinski definition) is 1. The van der Waals surface area contributed by atoms with Crippen LogP contribution in [-0.4, -0.2) is 24.4 Å². The number of hydrogen-bond acceptors (Lipinski definition) is 4. The third-order valence-electron chi connectivity index (χ3n) is 13.4. The molecule has 0 spiro atoms. The summed E-state index contributed by atoms with van der Waals surface area (Å²) in [6.07, 6.45) is 14.9. The van der Waals surface area contributed by atoms with E-state index < -0.39 is 10.8 Å². The van der Waals surface area contributed by atoms with Crippen LogP contribution in [0.5, 0.6) is 0 Å². The molecule has 0 aromatic heterocycles. The van der Waals surface area contributed by atoms with Crippen LogP contribution in [-0.2, 0) is 9.59 Å². The lowest BCUT2D eigenvalue weighted by atomic mass is 9.34. The first-order chi connectivity index (χ1) is 19.0. The van der Waals surface area contributed by atoms with E-state index in [0.29, 0.717) is 0 Å². The van der Waals surface area contributed by atoms with Crippen molar-refractivity contribution in [2.75, 3.05) is 7.05 Å². The molecular formula is C35H48N4O2. The molecule has 6 nitrogen and oxygen atoms in total. The van der Waals surface area contributed by atoms with Crippen LogP contribution >= 0.6 is 0 Å². The summed E-state index contributed by atoms with van der Waals surface area (Å²) in [6, 6.07) is 0. The highest BCUT2D eigenvalue weighted by Gasteiger charge is 2.69. The molecule has 0 aromatic carbocycles. The number of fused-ring (bicyclic) bond motifs is 7. The fourth-order valence-electron chi connectivity index (χ4n) is 10.8. The monoisotopic (exact) mass is 556 g/mol. The minimum Gasteiger partial charge on any atom is -0.307 e. The number of amidine groups is 1. The van der Waals surface area contributed by atoms with Crippen molar-refractivity contribution in [1.82, 2.24) is 5.32 Å². The second-order valence-electron chi connectivity index (χ2n) is 16.0. The topological polar surface area (TPSA) is 86.7 Å². The van der Waals surface area contributed by atoms with E-state index in [1.165, 1.54) is 0 Å². The second kappa shape index (κ2) is 9.39. The number of Topliss-reactive ketones (excluding diaryl/α,β-unsaturated/α-hetero) is 1. The highest BCUT2D eigenvalue weighted by molar-refractivity contribution is 6.03. The standard InChI is InChI=1S/C35H48N4O2/c1-30(2)14-16-35(13-11-27(38-9)39-21-36)17-15-34(7)28(22(35)19-30)24(40)18-26-32(5)20-23(37-8)29(41)31(3,4)25(32)10-12-33(26,34)6/h18,20,22,25,28H,10-17,19H2,1-7,9H3,(H,38,39)/t22-,25-,28-,32-,33+,34+,35+/m0/s1. The van der Waals surface area contributed by atoms with E-state index in [2.05, 4.69) is 49.8 Å². The van der Waals surface area contributed by atoms with Crippen LogP contribution in [0.4, 0.5) is 0 Å². The van der Waals surface area contributed by atoms with Gasteiger partial charge in [-0.2, -0.15) is 5.26 Å². The van der Waals surface area contributed by atoms with E-state index >= 15 is 0 Å². The van der Waals surface area contributed by atoms with E-state index in [0.717, 1.165) is 69.2 Å². The Kier molecular flexibility index (Phi) is 6.81. The van der Waals surface area contributed by atoms with Crippen LogP contribution in [0.3, 0.4) is 0 Å². The van der Waals surface area contributed by atoms with Gasteiger partial charge in [-0.05, 0) is 90.9 Å². The molecule has 0 unspecified atom stereocenters. The molecule has 0 saturated heterocycles. The number of carbonyl (C=O) groups excluding carboxylic acids is 2. The molecule has 1 N–H and O–H groups in total. The predicted octanol–water partition coefficient (Wildman–Crippen LogP) is 7.44. The zero-order valence-corrected chi connectivity index (χ0v) is 26.4. The Bertz CT molecular complexity index is 1350. The van der Waals surface area contributed by atoms with Crippen molar-refractivity contribution in [3.05, 3.63) is 34.8 Å². The Morgan fingerprint density at radius 3 is 2.41 bits per heavy atom. The quantitative estimate of drug-likeness (QED) is 0.129. The first-order valence-corrected chi connectivity index (χ1v) is 15.6. The number of aliphatic imine (C=N–C) groups is 1. The van der Waals surface area contributed by atoms with Crippen LogP contribution in [0.2, 0.25) is 0 Å². The summed E-state index contributed by atoms with van der Waals surface area (Å²) in [5.41, 5.74) is 0.0945. The highest BCUT2D eigenvalue weighted by atomic mass is 16.1. The molecule has 5 rings (SSSR count). The SMILES string of the molecule is [C-]#[N+]C1=C[C@]2(C)C3=CC(=O)[C@@H]4[C@@H]5CC(C)(C)CC[C@]5(CCC(=NC)NC#N)CC[C@@]4(C)[C@]3(C)CC[C@H]2C(C)(C)C1=O. The molecule has 6 heteroatoms. The zero-order valence-electron chi connectivity index (χ0n) is 26.4. The molecule has 5 aliphatic carbocycles. The van der Waals surface area contributed by atoms with Gasteiger partial charge in [0, 0.05) is 30.2 Å². The van der Waals surface area contributed by atoms with Crippen LogP contribution in [0.25, 0.3) is 4.85 Å². The van der Waals surface area contributed by atoms with E-state index in [4.69, 9.17) is 6.57 Å². The number of allylic oxidation sites excluding steroid dienone is 4. The van der Waals surface area contributed by atoms with Crippen molar-refractivity contribution >= 4 is 17.4 Å². The normalized spacial score (nSPS) is 42.7. The van der Waals surface area contributed by atoms with Gasteiger partial charge in [0.1, 0.15) is 5.84 Å². The molecule has 220 valence electrons. The van der Waals surface area contributed by atoms with Crippen molar-refractivity contribution in [2.45, 2.75) is 106 Å². The lowest BCUT2D eigenvalue weighted by molar-refractivity contribution is -0.172. The van der Waals surface area contributed by atoms with Crippen molar-refractivity contribution in [3.8, 4) is 6.19 Å². The average Bonchev–Trinajstić information content (AvgIpc) is 2.90. The third kappa shape index (κ3) is 4.03. The van der Waals surface area contributed by atoms with Crippen molar-refractivity contribution < 1.29 is 9.59 Å². The number of rotatable bonds is 3. The molecule has 0 aromatic rings. The average molecular weight is 557 g/mol. The van der Waals surface area contributed by atoms with Gasteiger partial charge in [0.2, 0.25) is 5.70 Å². The molecule has 3 fully saturated rings. The van der Waals surface area contributed by atoms with Gasteiger partial charge in [-0.3, -0.25) is 15.1 Å². The summed E-state index contributed by atoms with van der Waals surface area (Å²) in [4.78, 5) is 35.9. The molecule has 5 aliphatic rings. The molecule has 0 aliphatic heterocycles. The summed E-state index contributed by atoms with van der Waals surface area (Å²) in [5.74, 6) is 1.20. The third-order valence-corrected chi connectivity index (χ3v) is 13.4. The summed E-state index contributed by atoms with van der Waals surface area (Å²) >= 11 is 0. The maximum Gasteiger partial charge on any atom is 0.226 e. The van der Waals surface area contributed by atoms with E-state index in [1.807, 2.05) is 32.2 Å². The lowest BCUT2D eigenvalue weighted by Crippen LogP contribution is -2.64. The fraction of sp³-hybridized carbons (Fsp3) is 0.743. The zero-order chi connectivity index (χ0) is 30.2. The first-order valence-electron chi connectivity index (χ1n) is 15.6. The van der Waals surface area contributed by atoms with Gasteiger partial charge in [-0.15, -0.1) is 0 Å². The number of nitrogens with one attached hydrogen (secondary N) is 1. The van der Waals surface area contributed by atoms with Gasteiger partial charge in [-0.1, -0.05) is 60.1 Å². The van der Waals surface area contributed by atoms with Gasteiger partial charge >= 0.3 is 0 Å². The Balaban J connectivity index is 1.62. The molecule has 0 heterocycles. The number of nitrogens with zero attached hydrogens (tertiary/aromatic N) is 3. The van der Waals surface area contributed by atoms with Gasteiger partial charge in [0.25, 0.3) is 0 Å². The Labute approximate surface area is 247 Å². The molecule has 3 saturated carbocycles. The molecule has 41 heavy (non-hydrogen) atoms. The predicted molar refractivity (Wildman–Crippen MR) is 161 cm³/mol. The maximum atomic E-state index is 14.6. The summed E-state index contributed by atoms with van der Waals surface area (Å²) in [6.45, 7) is 23.5. The van der Waals surface area contributed by atoms with Crippen molar-refractivity contribution in [3.63, 3.8) is 0 Å². The number of nitriles is 1. The van der Waals surface area contributed by atoms with Crippen LogP contribution in [0.15, 0.2) is 28.4 Å². The van der Waals surface area contributed by atoms with Gasteiger partial charge < -0.3 is 4.79 Å². The van der Waals surface area contributed by atoms with E-state index in [9.17, 15) is 14.9 Å². The lowest BCUT2D eigenvalue weighted by Gasteiger charge is -2.69. The Hall–Kier alpha value is -2.73. The van der Waals surface area contributed by atoms with Crippen molar-refractivity contribution in [1.29, 1.82) is 5.26 Å². The maximum absolute atomic E-state index is 14.6. The molecule has 7 atom stereocenters. The molecule has 0 radical (unpaired) electrons. The molecular weight excluding hydrogens is 508 g/mol. The minimum atomic E-state index is -0.641. The Morgan fingerprint density at radius 2 is 1.78 bits per heavy atom. The fourth-order valence-corrected chi connectivity index (χ4v) is 10.8. The van der Waals surface area contributed by atoms with Crippen molar-refractivity contribution in [2.24, 2.45) is 55.2 Å². The molecule has 0 amide bonds. The smallest absolute Gasteiger partial charge is 0.226 e. The summed E-state index contributed by atoms with van der Waals surface area (Å²) in [5, 5.41) is 12.0. The van der Waals surface area contributed by atoms with Crippen LogP contribution in [0, 0.1) is 68.3 Å². The van der Waals surface area contributed by atoms with Gasteiger partial charge in [-0.25, -0.2) is 4.85 Å². The van der Waals surface area contributed by atoms with Gasteiger partial charge in [0.05, 0.1) is 6.57 Å². The molecule has 0 bridgehead atoms. The van der Waals surface area contributed by atoms with Gasteiger partial charge in [0.15, 0.2) is 17.8 Å². The summed E-state index contributed by atoms with van der Waals surface area (Å²) < 4.78 is 0. The summed E-state index contributed by atoms with van der Waals surface area (Å²) in [7, 11) is 1.74. The highest BCUT2D eigenvalue weighted by Crippen LogP contribution is 2.75. The number of ketones is 2. The van der Waals surface area contributed by atoms with Crippen LogP contribution < -0.4 is 5.32 Å².